The summed E-state index contributed by atoms with van der Waals surface area (Å²) in [5, 5.41) is 3.76. The molecule has 0 bridgehead atoms. The minimum absolute atomic E-state index is 0.148. The fraction of sp³-hybridized carbons (Fsp3) is 0.217. The molecule has 5 heteroatoms. The monoisotopic (exact) mass is 391 g/mol. The number of amides is 1. The van der Waals surface area contributed by atoms with Crippen molar-refractivity contribution < 1.29 is 4.79 Å². The zero-order valence-corrected chi connectivity index (χ0v) is 17.5. The highest BCUT2D eigenvalue weighted by Gasteiger charge is 2.15. The van der Waals surface area contributed by atoms with Gasteiger partial charge in [0.25, 0.3) is 5.91 Å². The molecule has 0 aliphatic heterocycles. The van der Waals surface area contributed by atoms with Crippen LogP contribution < -0.4 is 5.32 Å². The topological polar surface area (TPSA) is 45.2 Å². The Kier molecular flexibility index (Phi) is 6.49. The lowest BCUT2D eigenvalue weighted by molar-refractivity contribution is 0.102. The molecule has 1 N–H and O–H groups in total. The van der Waals surface area contributed by atoms with Crippen molar-refractivity contribution in [3.05, 3.63) is 83.0 Å². The van der Waals surface area contributed by atoms with Gasteiger partial charge in [0.2, 0.25) is 0 Å². The average Bonchev–Trinajstić information content (AvgIpc) is 2.66. The van der Waals surface area contributed by atoms with E-state index < -0.39 is 0 Å². The van der Waals surface area contributed by atoms with Crippen LogP contribution in [0.25, 0.3) is 0 Å². The number of carbonyl (C=O) groups excluding carboxylic acids is 1. The summed E-state index contributed by atoms with van der Waals surface area (Å²) in [4.78, 5) is 20.6. The van der Waals surface area contributed by atoms with Gasteiger partial charge in [0.05, 0.1) is 5.56 Å². The van der Waals surface area contributed by atoms with Gasteiger partial charge in [-0.15, -0.1) is 0 Å². The van der Waals surface area contributed by atoms with Crippen LogP contribution in [-0.4, -0.2) is 29.9 Å². The summed E-state index contributed by atoms with van der Waals surface area (Å²) in [5.74, 6) is -0.148. The third kappa shape index (κ3) is 5.00. The highest BCUT2D eigenvalue weighted by atomic mass is 32.2. The number of aromatic nitrogens is 1. The fourth-order valence-electron chi connectivity index (χ4n) is 2.84. The lowest BCUT2D eigenvalue weighted by Crippen LogP contribution is -2.17. The van der Waals surface area contributed by atoms with Crippen molar-refractivity contribution in [1.29, 1.82) is 0 Å². The molecule has 0 spiro atoms. The van der Waals surface area contributed by atoms with Gasteiger partial charge in [-0.3, -0.25) is 4.79 Å². The van der Waals surface area contributed by atoms with E-state index in [4.69, 9.17) is 0 Å². The van der Waals surface area contributed by atoms with Crippen LogP contribution in [0.4, 0.5) is 5.69 Å². The number of aryl methyl sites for hydroxylation is 2. The summed E-state index contributed by atoms with van der Waals surface area (Å²) in [6.07, 6.45) is 1.72. The Morgan fingerprint density at radius 3 is 2.57 bits per heavy atom. The molecule has 1 amide bonds. The maximum atomic E-state index is 13.0. The number of rotatable bonds is 6. The van der Waals surface area contributed by atoms with Gasteiger partial charge in [-0.2, -0.15) is 0 Å². The number of para-hydroxylation sites is 1. The Morgan fingerprint density at radius 1 is 1.04 bits per heavy atom. The first-order valence-corrected chi connectivity index (χ1v) is 10.00. The Labute approximate surface area is 171 Å². The second kappa shape index (κ2) is 9.04. The zero-order valence-electron chi connectivity index (χ0n) is 16.7. The number of carbonyl (C=O) groups is 1. The molecular weight excluding hydrogens is 366 g/mol. The number of pyridine rings is 1. The van der Waals surface area contributed by atoms with Crippen LogP contribution in [0.3, 0.4) is 0 Å². The van der Waals surface area contributed by atoms with Crippen molar-refractivity contribution in [2.45, 2.75) is 30.3 Å². The molecule has 4 nitrogen and oxygen atoms in total. The van der Waals surface area contributed by atoms with Crippen molar-refractivity contribution in [3.63, 3.8) is 0 Å². The number of nitrogens with one attached hydrogen (secondary N) is 1. The normalized spacial score (nSPS) is 10.9. The van der Waals surface area contributed by atoms with Gasteiger partial charge < -0.3 is 10.2 Å². The molecule has 0 fully saturated rings. The van der Waals surface area contributed by atoms with Crippen molar-refractivity contribution in [2.24, 2.45) is 0 Å². The quantitative estimate of drug-likeness (QED) is 0.630. The maximum absolute atomic E-state index is 13.0. The lowest BCUT2D eigenvalue weighted by atomic mass is 10.1. The maximum Gasteiger partial charge on any atom is 0.258 e. The van der Waals surface area contributed by atoms with Gasteiger partial charge in [0.15, 0.2) is 0 Å². The number of hydrogen-bond acceptors (Lipinski definition) is 4. The standard InChI is InChI=1S/C23H25N3OS/c1-16-11-12-19(14-17(16)2)28-23-20(9-7-13-24-23)22(27)25-21-10-6-5-8-18(21)15-26(3)4/h5-14H,15H2,1-4H3,(H,25,27). The molecule has 0 saturated heterocycles. The van der Waals surface area contributed by atoms with Crippen molar-refractivity contribution >= 4 is 23.4 Å². The van der Waals surface area contributed by atoms with Crippen molar-refractivity contribution in [3.8, 4) is 0 Å². The predicted molar refractivity (Wildman–Crippen MR) is 116 cm³/mol. The van der Waals surface area contributed by atoms with Crippen LogP contribution in [-0.2, 0) is 6.54 Å². The molecule has 28 heavy (non-hydrogen) atoms. The number of nitrogens with zero attached hydrogens (tertiary/aromatic N) is 2. The van der Waals surface area contributed by atoms with Crippen LogP contribution >= 0.6 is 11.8 Å². The highest BCUT2D eigenvalue weighted by molar-refractivity contribution is 7.99. The highest BCUT2D eigenvalue weighted by Crippen LogP contribution is 2.30. The molecule has 0 atom stereocenters. The van der Waals surface area contributed by atoms with Crippen LogP contribution in [0.15, 0.2) is 70.7 Å². The molecule has 3 aromatic rings. The molecule has 0 saturated carbocycles. The van der Waals surface area contributed by atoms with Gasteiger partial charge in [0, 0.05) is 23.3 Å². The minimum Gasteiger partial charge on any atom is -0.322 e. The van der Waals surface area contributed by atoms with Gasteiger partial charge in [-0.25, -0.2) is 4.98 Å². The SMILES string of the molecule is Cc1ccc(Sc2ncccc2C(=O)Nc2ccccc2CN(C)C)cc1C. The Bertz CT molecular complexity index is 985. The summed E-state index contributed by atoms with van der Waals surface area (Å²) in [5.41, 5.74) is 4.95. The molecule has 3 rings (SSSR count). The van der Waals surface area contributed by atoms with Gasteiger partial charge in [-0.05, 0) is 75.0 Å². The molecule has 0 aliphatic rings. The summed E-state index contributed by atoms with van der Waals surface area (Å²) < 4.78 is 0. The molecule has 2 aromatic carbocycles. The van der Waals surface area contributed by atoms with Crippen LogP contribution in [0.1, 0.15) is 27.0 Å². The summed E-state index contributed by atoms with van der Waals surface area (Å²) in [7, 11) is 4.02. The van der Waals surface area contributed by atoms with E-state index in [1.54, 1.807) is 12.3 Å². The van der Waals surface area contributed by atoms with Crippen LogP contribution in [0, 0.1) is 13.8 Å². The first-order valence-electron chi connectivity index (χ1n) is 9.18. The number of anilines is 1. The van der Waals surface area contributed by atoms with E-state index in [0.717, 1.165) is 22.7 Å². The Balaban J connectivity index is 1.84. The molecule has 0 aliphatic carbocycles. The summed E-state index contributed by atoms with van der Waals surface area (Å²) in [6.45, 7) is 4.94. The summed E-state index contributed by atoms with van der Waals surface area (Å²) in [6, 6.07) is 17.8. The number of hydrogen-bond donors (Lipinski definition) is 1. The third-order valence-corrected chi connectivity index (χ3v) is 5.47. The lowest BCUT2D eigenvalue weighted by Gasteiger charge is -2.15. The summed E-state index contributed by atoms with van der Waals surface area (Å²) >= 11 is 1.51. The molecule has 0 unspecified atom stereocenters. The van der Waals surface area contributed by atoms with Crippen LogP contribution in [0.5, 0.6) is 0 Å². The third-order valence-electron chi connectivity index (χ3n) is 4.46. The Hall–Kier alpha value is -2.63. The number of benzene rings is 2. The average molecular weight is 392 g/mol. The van der Waals surface area contributed by atoms with Gasteiger partial charge >= 0.3 is 0 Å². The molecule has 1 heterocycles. The second-order valence-corrected chi connectivity index (χ2v) is 8.12. The van der Waals surface area contributed by atoms with Crippen molar-refractivity contribution in [1.82, 2.24) is 9.88 Å². The van der Waals surface area contributed by atoms with Crippen molar-refractivity contribution in [2.75, 3.05) is 19.4 Å². The van der Waals surface area contributed by atoms with Gasteiger partial charge in [-0.1, -0.05) is 36.0 Å². The van der Waals surface area contributed by atoms with Crippen LogP contribution in [0.2, 0.25) is 0 Å². The van der Waals surface area contributed by atoms with E-state index in [2.05, 4.69) is 47.2 Å². The molecule has 144 valence electrons. The second-order valence-electron chi connectivity index (χ2n) is 7.05. The van der Waals surface area contributed by atoms with Gasteiger partial charge in [0.1, 0.15) is 5.03 Å². The molecule has 1 aromatic heterocycles. The first kappa shape index (κ1) is 20.1. The molecular formula is C23H25N3OS. The van der Waals surface area contributed by atoms with E-state index >= 15 is 0 Å². The van der Waals surface area contributed by atoms with E-state index in [1.165, 1.54) is 22.9 Å². The Morgan fingerprint density at radius 2 is 1.82 bits per heavy atom. The first-order chi connectivity index (χ1) is 13.4. The van der Waals surface area contributed by atoms with E-state index in [9.17, 15) is 4.79 Å². The minimum atomic E-state index is -0.148. The van der Waals surface area contributed by atoms with E-state index in [1.807, 2.05) is 44.4 Å². The van der Waals surface area contributed by atoms with E-state index in [-0.39, 0.29) is 5.91 Å². The largest absolute Gasteiger partial charge is 0.322 e. The smallest absolute Gasteiger partial charge is 0.258 e. The fourth-order valence-corrected chi connectivity index (χ4v) is 3.82. The molecule has 0 radical (unpaired) electrons. The zero-order chi connectivity index (χ0) is 20.1. The van der Waals surface area contributed by atoms with E-state index in [0.29, 0.717) is 10.6 Å². The predicted octanol–water partition coefficient (Wildman–Crippen LogP) is 5.16.